The quantitative estimate of drug-likeness (QED) is 0.722. The number of fused-ring (bicyclic) bond motifs is 1. The van der Waals surface area contributed by atoms with Crippen molar-refractivity contribution in [1.29, 1.82) is 0 Å². The van der Waals surface area contributed by atoms with Crippen LogP contribution in [0.2, 0.25) is 5.02 Å². The summed E-state index contributed by atoms with van der Waals surface area (Å²) in [5.41, 5.74) is 2.86. The molecule has 112 valence electrons. The van der Waals surface area contributed by atoms with Crippen LogP contribution in [0.5, 0.6) is 0 Å². The Kier molecular flexibility index (Phi) is 4.09. The van der Waals surface area contributed by atoms with Gasteiger partial charge in [-0.3, -0.25) is 14.7 Å². The lowest BCUT2D eigenvalue weighted by Gasteiger charge is -2.17. The number of thiazole rings is 1. The molecular weight excluding hydrogens is 318 g/mol. The molecule has 4 nitrogen and oxygen atoms in total. The fraction of sp³-hybridized carbons (Fsp3) is 0.188. The van der Waals surface area contributed by atoms with Crippen LogP contribution >= 0.6 is 22.9 Å². The van der Waals surface area contributed by atoms with E-state index in [1.165, 1.54) is 11.3 Å². The van der Waals surface area contributed by atoms with E-state index in [1.807, 2.05) is 31.2 Å². The van der Waals surface area contributed by atoms with Crippen molar-refractivity contribution in [3.8, 4) is 0 Å². The Balaban J connectivity index is 2.02. The Morgan fingerprint density at radius 2 is 2.23 bits per heavy atom. The van der Waals surface area contributed by atoms with Crippen molar-refractivity contribution < 1.29 is 4.79 Å². The number of carbonyl (C=O) groups is 1. The van der Waals surface area contributed by atoms with Crippen LogP contribution in [0.3, 0.4) is 0 Å². The first kappa shape index (κ1) is 14.9. The third-order valence-electron chi connectivity index (χ3n) is 3.31. The summed E-state index contributed by atoms with van der Waals surface area (Å²) in [7, 11) is 0. The van der Waals surface area contributed by atoms with E-state index >= 15 is 0 Å². The zero-order valence-electron chi connectivity index (χ0n) is 12.2. The third-order valence-corrected chi connectivity index (χ3v) is 4.56. The van der Waals surface area contributed by atoms with Crippen molar-refractivity contribution in [2.45, 2.75) is 20.4 Å². The number of hydrogen-bond donors (Lipinski definition) is 0. The second kappa shape index (κ2) is 6.02. The molecule has 0 aliphatic rings. The number of amides is 1. The molecule has 0 aliphatic carbocycles. The predicted molar refractivity (Wildman–Crippen MR) is 90.5 cm³/mol. The smallest absolute Gasteiger partial charge is 0.225 e. The van der Waals surface area contributed by atoms with E-state index in [4.69, 9.17) is 11.6 Å². The number of aromatic nitrogens is 2. The number of benzene rings is 1. The molecule has 6 heteroatoms. The molecule has 0 bridgehead atoms. The number of aryl methyl sites for hydroxylation is 1. The van der Waals surface area contributed by atoms with Crippen LogP contribution < -0.4 is 4.90 Å². The van der Waals surface area contributed by atoms with Crippen LogP contribution in [0.15, 0.2) is 36.7 Å². The number of carbonyl (C=O) groups excluding carboxylic acids is 1. The number of pyridine rings is 1. The van der Waals surface area contributed by atoms with Gasteiger partial charge in [-0.25, -0.2) is 4.98 Å². The Bertz CT molecular complexity index is 832. The molecule has 0 spiro atoms. The highest BCUT2D eigenvalue weighted by Crippen LogP contribution is 2.33. The molecule has 0 unspecified atom stereocenters. The van der Waals surface area contributed by atoms with Gasteiger partial charge < -0.3 is 0 Å². The molecule has 0 radical (unpaired) electrons. The summed E-state index contributed by atoms with van der Waals surface area (Å²) in [5.74, 6) is -0.0494. The molecule has 0 saturated heterocycles. The molecule has 2 heterocycles. The minimum absolute atomic E-state index is 0.0494. The normalized spacial score (nSPS) is 10.9. The maximum absolute atomic E-state index is 12.0. The standard InChI is InChI=1S/C16H14ClN3OS/c1-10-6-13(17)7-14-15(10)19-16(22-14)20(11(2)21)9-12-4-3-5-18-8-12/h3-8H,9H2,1-2H3. The molecule has 3 rings (SSSR count). The first-order valence-corrected chi connectivity index (χ1v) is 7.98. The van der Waals surface area contributed by atoms with E-state index in [1.54, 1.807) is 24.2 Å². The van der Waals surface area contributed by atoms with Crippen molar-refractivity contribution in [3.63, 3.8) is 0 Å². The Labute approximate surface area is 137 Å². The summed E-state index contributed by atoms with van der Waals surface area (Å²) in [6, 6.07) is 7.56. The van der Waals surface area contributed by atoms with Gasteiger partial charge in [0.05, 0.1) is 16.8 Å². The van der Waals surface area contributed by atoms with Gasteiger partial charge in [-0.1, -0.05) is 29.0 Å². The molecule has 3 aromatic rings. The van der Waals surface area contributed by atoms with Gasteiger partial charge in [0.2, 0.25) is 5.91 Å². The van der Waals surface area contributed by atoms with E-state index in [0.717, 1.165) is 21.3 Å². The van der Waals surface area contributed by atoms with E-state index < -0.39 is 0 Å². The van der Waals surface area contributed by atoms with Crippen LogP contribution in [-0.4, -0.2) is 15.9 Å². The Morgan fingerprint density at radius 1 is 1.41 bits per heavy atom. The van der Waals surface area contributed by atoms with Gasteiger partial charge in [-0.05, 0) is 36.2 Å². The number of hydrogen-bond acceptors (Lipinski definition) is 4. The molecule has 0 aliphatic heterocycles. The van der Waals surface area contributed by atoms with Gasteiger partial charge in [-0.2, -0.15) is 0 Å². The molecule has 1 aromatic carbocycles. The Hall–Kier alpha value is -1.98. The lowest BCUT2D eigenvalue weighted by molar-refractivity contribution is -0.116. The molecule has 22 heavy (non-hydrogen) atoms. The molecular formula is C16H14ClN3OS. The van der Waals surface area contributed by atoms with E-state index in [-0.39, 0.29) is 5.91 Å². The van der Waals surface area contributed by atoms with Gasteiger partial charge in [0.1, 0.15) is 0 Å². The zero-order valence-corrected chi connectivity index (χ0v) is 13.8. The molecule has 0 saturated carbocycles. The minimum Gasteiger partial charge on any atom is -0.284 e. The topological polar surface area (TPSA) is 46.1 Å². The van der Waals surface area contributed by atoms with Crippen LogP contribution in [-0.2, 0) is 11.3 Å². The first-order valence-electron chi connectivity index (χ1n) is 6.78. The van der Waals surface area contributed by atoms with Gasteiger partial charge in [0.25, 0.3) is 0 Å². The number of nitrogens with zero attached hydrogens (tertiary/aromatic N) is 3. The fourth-order valence-electron chi connectivity index (χ4n) is 2.25. The molecule has 0 fully saturated rings. The highest BCUT2D eigenvalue weighted by molar-refractivity contribution is 7.22. The van der Waals surface area contributed by atoms with Gasteiger partial charge >= 0.3 is 0 Å². The lowest BCUT2D eigenvalue weighted by atomic mass is 10.2. The molecule has 1 amide bonds. The summed E-state index contributed by atoms with van der Waals surface area (Å²) in [6.45, 7) is 3.97. The van der Waals surface area contributed by atoms with Crippen molar-refractivity contribution >= 4 is 44.2 Å². The highest BCUT2D eigenvalue weighted by atomic mass is 35.5. The maximum Gasteiger partial charge on any atom is 0.225 e. The van der Waals surface area contributed by atoms with Crippen LogP contribution in [0, 0.1) is 6.92 Å². The molecule has 0 N–H and O–H groups in total. The van der Waals surface area contributed by atoms with Gasteiger partial charge in [0.15, 0.2) is 5.13 Å². The third kappa shape index (κ3) is 2.96. The van der Waals surface area contributed by atoms with Gasteiger partial charge in [0, 0.05) is 24.3 Å². The summed E-state index contributed by atoms with van der Waals surface area (Å²) in [4.78, 5) is 22.4. The number of halogens is 1. The van der Waals surface area contributed by atoms with Crippen LogP contribution in [0.4, 0.5) is 5.13 Å². The summed E-state index contributed by atoms with van der Waals surface area (Å²) in [6.07, 6.45) is 3.47. The molecule has 0 atom stereocenters. The van der Waals surface area contributed by atoms with Crippen LogP contribution in [0.1, 0.15) is 18.1 Å². The predicted octanol–water partition coefficient (Wildman–Crippen LogP) is 4.21. The Morgan fingerprint density at radius 3 is 2.91 bits per heavy atom. The summed E-state index contributed by atoms with van der Waals surface area (Å²) in [5, 5.41) is 1.36. The largest absolute Gasteiger partial charge is 0.284 e. The summed E-state index contributed by atoms with van der Waals surface area (Å²) < 4.78 is 0.984. The van der Waals surface area contributed by atoms with Crippen molar-refractivity contribution in [3.05, 3.63) is 52.8 Å². The average Bonchev–Trinajstić information content (AvgIpc) is 2.89. The second-order valence-corrected chi connectivity index (χ2v) is 6.48. The van der Waals surface area contributed by atoms with Crippen molar-refractivity contribution in [2.75, 3.05) is 4.90 Å². The fourth-order valence-corrected chi connectivity index (χ4v) is 3.71. The number of rotatable bonds is 3. The maximum atomic E-state index is 12.0. The lowest BCUT2D eigenvalue weighted by Crippen LogP contribution is -2.27. The zero-order chi connectivity index (χ0) is 15.7. The monoisotopic (exact) mass is 331 g/mol. The first-order chi connectivity index (χ1) is 10.5. The van der Waals surface area contributed by atoms with E-state index in [9.17, 15) is 4.79 Å². The van der Waals surface area contributed by atoms with Crippen LogP contribution in [0.25, 0.3) is 10.2 Å². The second-order valence-electron chi connectivity index (χ2n) is 5.03. The minimum atomic E-state index is -0.0494. The molecule has 2 aromatic heterocycles. The number of anilines is 1. The van der Waals surface area contributed by atoms with E-state index in [0.29, 0.717) is 16.7 Å². The highest BCUT2D eigenvalue weighted by Gasteiger charge is 2.18. The SMILES string of the molecule is CC(=O)N(Cc1cccnc1)c1nc2c(C)cc(Cl)cc2s1. The van der Waals surface area contributed by atoms with Crippen molar-refractivity contribution in [1.82, 2.24) is 9.97 Å². The average molecular weight is 332 g/mol. The summed E-state index contributed by atoms with van der Waals surface area (Å²) >= 11 is 7.57. The van der Waals surface area contributed by atoms with Crippen molar-refractivity contribution in [2.24, 2.45) is 0 Å². The van der Waals surface area contributed by atoms with E-state index in [2.05, 4.69) is 9.97 Å². The van der Waals surface area contributed by atoms with Gasteiger partial charge in [-0.15, -0.1) is 0 Å².